The van der Waals surface area contributed by atoms with Crippen LogP contribution in [0.15, 0.2) is 41.4 Å². The molecule has 0 aliphatic heterocycles. The van der Waals surface area contributed by atoms with E-state index in [4.69, 9.17) is 0 Å². The molecule has 0 bridgehead atoms. The molecule has 0 saturated heterocycles. The van der Waals surface area contributed by atoms with Gasteiger partial charge < -0.3 is 5.11 Å². The van der Waals surface area contributed by atoms with Gasteiger partial charge in [-0.15, -0.1) is 0 Å². The number of aromatic nitrogens is 1. The number of aliphatic hydroxyl groups is 1. The fourth-order valence-corrected chi connectivity index (χ4v) is 2.13. The van der Waals surface area contributed by atoms with Gasteiger partial charge in [0.25, 0.3) is 0 Å². The Morgan fingerprint density at radius 1 is 1.33 bits per heavy atom. The van der Waals surface area contributed by atoms with E-state index in [1.54, 1.807) is 11.3 Å². The number of aryl methyl sites for hydroxylation is 1. The second kappa shape index (κ2) is 4.55. The van der Waals surface area contributed by atoms with Gasteiger partial charge in [-0.25, -0.2) is 4.57 Å². The molecule has 2 aromatic rings. The van der Waals surface area contributed by atoms with E-state index in [9.17, 15) is 5.11 Å². The van der Waals surface area contributed by atoms with Crippen LogP contribution in [0.25, 0.3) is 0 Å². The van der Waals surface area contributed by atoms with Crippen molar-refractivity contribution in [3.63, 3.8) is 0 Å². The fraction of sp³-hybridized carbons (Fsp3) is 0.250. The second-order valence-corrected chi connectivity index (χ2v) is 4.42. The fourth-order valence-electron chi connectivity index (χ4n) is 1.42. The van der Waals surface area contributed by atoms with Crippen LogP contribution in [-0.2, 0) is 6.54 Å². The molecule has 0 aliphatic carbocycles. The van der Waals surface area contributed by atoms with Crippen LogP contribution in [0.4, 0.5) is 0 Å². The van der Waals surface area contributed by atoms with Crippen LogP contribution in [0.3, 0.4) is 0 Å². The van der Waals surface area contributed by atoms with Crippen molar-refractivity contribution in [3.05, 3.63) is 52.5 Å². The molecular formula is C12H14NOS+. The maximum atomic E-state index is 9.92. The third-order valence-electron chi connectivity index (χ3n) is 2.37. The van der Waals surface area contributed by atoms with E-state index in [1.165, 1.54) is 5.56 Å². The molecule has 2 rings (SSSR count). The summed E-state index contributed by atoms with van der Waals surface area (Å²) in [6.45, 7) is 2.66. The van der Waals surface area contributed by atoms with Crippen molar-refractivity contribution in [3.8, 4) is 0 Å². The van der Waals surface area contributed by atoms with Crippen molar-refractivity contribution in [2.75, 3.05) is 0 Å². The summed E-state index contributed by atoms with van der Waals surface area (Å²) in [4.78, 5) is 0. The lowest BCUT2D eigenvalue weighted by molar-refractivity contribution is -0.704. The average Bonchev–Trinajstić information content (AvgIpc) is 2.74. The van der Waals surface area contributed by atoms with Crippen LogP contribution in [0.2, 0.25) is 0 Å². The Morgan fingerprint density at radius 3 is 2.67 bits per heavy atom. The minimum atomic E-state index is -0.413. The van der Waals surface area contributed by atoms with Gasteiger partial charge in [0.2, 0.25) is 0 Å². The van der Waals surface area contributed by atoms with Crippen molar-refractivity contribution in [2.45, 2.75) is 19.6 Å². The molecule has 0 aliphatic rings. The number of pyridine rings is 1. The summed E-state index contributed by atoms with van der Waals surface area (Å²) >= 11 is 1.61. The van der Waals surface area contributed by atoms with Crippen LogP contribution in [-0.4, -0.2) is 5.11 Å². The zero-order chi connectivity index (χ0) is 10.7. The van der Waals surface area contributed by atoms with Crippen molar-refractivity contribution in [2.24, 2.45) is 0 Å². The van der Waals surface area contributed by atoms with Crippen LogP contribution < -0.4 is 4.57 Å². The summed E-state index contributed by atoms with van der Waals surface area (Å²) in [5.41, 5.74) is 2.23. The topological polar surface area (TPSA) is 24.1 Å². The molecule has 1 unspecified atom stereocenters. The van der Waals surface area contributed by atoms with Crippen LogP contribution >= 0.6 is 11.3 Å². The van der Waals surface area contributed by atoms with Crippen molar-refractivity contribution in [1.82, 2.24) is 0 Å². The summed E-state index contributed by atoms with van der Waals surface area (Å²) in [6.07, 6.45) is 3.57. The summed E-state index contributed by atoms with van der Waals surface area (Å²) < 4.78 is 2.00. The van der Waals surface area contributed by atoms with Crippen molar-refractivity contribution in [1.29, 1.82) is 0 Å². The smallest absolute Gasteiger partial charge is 0.178 e. The number of aliphatic hydroxyl groups excluding tert-OH is 1. The monoisotopic (exact) mass is 220 g/mol. The summed E-state index contributed by atoms with van der Waals surface area (Å²) in [7, 11) is 0. The number of hydrogen-bond acceptors (Lipinski definition) is 2. The Hall–Kier alpha value is -1.19. The number of nitrogens with zero attached hydrogens (tertiary/aromatic N) is 1. The van der Waals surface area contributed by atoms with Gasteiger partial charge in [-0.3, -0.25) is 0 Å². The maximum Gasteiger partial charge on any atom is 0.178 e. The Bertz CT molecular complexity index is 408. The van der Waals surface area contributed by atoms with Gasteiger partial charge in [-0.1, -0.05) is 0 Å². The zero-order valence-corrected chi connectivity index (χ0v) is 9.45. The lowest BCUT2D eigenvalue weighted by Crippen LogP contribution is -2.35. The van der Waals surface area contributed by atoms with Crippen LogP contribution in [0, 0.1) is 6.92 Å². The van der Waals surface area contributed by atoms with E-state index >= 15 is 0 Å². The Labute approximate surface area is 93.4 Å². The van der Waals surface area contributed by atoms with E-state index in [-0.39, 0.29) is 0 Å². The zero-order valence-electron chi connectivity index (χ0n) is 8.63. The molecule has 0 radical (unpaired) electrons. The number of hydrogen-bond donors (Lipinski definition) is 1. The lowest BCUT2D eigenvalue weighted by atomic mass is 10.2. The molecule has 1 N–H and O–H groups in total. The average molecular weight is 220 g/mol. The molecule has 15 heavy (non-hydrogen) atoms. The Kier molecular flexibility index (Phi) is 3.14. The molecule has 2 aromatic heterocycles. The van der Waals surface area contributed by atoms with E-state index in [1.807, 2.05) is 45.9 Å². The quantitative estimate of drug-likeness (QED) is 0.787. The highest BCUT2D eigenvalue weighted by atomic mass is 32.1. The maximum absolute atomic E-state index is 9.92. The van der Waals surface area contributed by atoms with Gasteiger partial charge in [0, 0.05) is 12.1 Å². The van der Waals surface area contributed by atoms with Gasteiger partial charge in [0.1, 0.15) is 6.10 Å². The van der Waals surface area contributed by atoms with Crippen molar-refractivity contribution >= 4 is 11.3 Å². The van der Waals surface area contributed by atoms with E-state index < -0.39 is 6.10 Å². The van der Waals surface area contributed by atoms with Gasteiger partial charge in [0.15, 0.2) is 18.9 Å². The molecule has 0 saturated carbocycles. The molecule has 0 amide bonds. The second-order valence-electron chi connectivity index (χ2n) is 3.64. The van der Waals surface area contributed by atoms with E-state index in [0.717, 1.165) is 5.56 Å². The first-order valence-electron chi connectivity index (χ1n) is 4.91. The minimum absolute atomic E-state index is 0.413. The predicted molar refractivity (Wildman–Crippen MR) is 60.7 cm³/mol. The largest absolute Gasteiger partial charge is 0.382 e. The normalized spacial score (nSPS) is 12.7. The molecule has 2 nitrogen and oxygen atoms in total. The molecular weight excluding hydrogens is 206 g/mol. The number of thiophene rings is 1. The molecule has 3 heteroatoms. The minimum Gasteiger partial charge on any atom is -0.382 e. The first-order chi connectivity index (χ1) is 7.25. The highest BCUT2D eigenvalue weighted by molar-refractivity contribution is 7.07. The van der Waals surface area contributed by atoms with Gasteiger partial charge in [-0.05, 0) is 34.9 Å². The Morgan fingerprint density at radius 2 is 2.07 bits per heavy atom. The van der Waals surface area contributed by atoms with Crippen LogP contribution in [0.5, 0.6) is 0 Å². The van der Waals surface area contributed by atoms with Crippen LogP contribution in [0.1, 0.15) is 17.2 Å². The third kappa shape index (κ3) is 2.64. The molecule has 0 fully saturated rings. The van der Waals surface area contributed by atoms with E-state index in [2.05, 4.69) is 6.92 Å². The highest BCUT2D eigenvalue weighted by Gasteiger charge is 2.12. The Balaban J connectivity index is 2.06. The first-order valence-corrected chi connectivity index (χ1v) is 5.86. The lowest BCUT2D eigenvalue weighted by Gasteiger charge is -2.04. The molecule has 1 atom stereocenters. The standard InChI is InChI=1S/C12H14NOS/c1-10-2-5-13(6-3-10)8-12(14)11-4-7-15-9-11/h2-7,9,12,14H,8H2,1H3/q+1. The summed E-state index contributed by atoms with van der Waals surface area (Å²) in [5, 5.41) is 13.9. The predicted octanol–water partition coefficient (Wildman–Crippen LogP) is 2.08. The molecule has 2 heterocycles. The summed E-state index contributed by atoms with van der Waals surface area (Å²) in [6, 6.07) is 6.05. The molecule has 0 spiro atoms. The molecule has 0 aromatic carbocycles. The van der Waals surface area contributed by atoms with Crippen molar-refractivity contribution < 1.29 is 9.67 Å². The number of rotatable bonds is 3. The highest BCUT2D eigenvalue weighted by Crippen LogP contribution is 2.15. The van der Waals surface area contributed by atoms with Gasteiger partial charge >= 0.3 is 0 Å². The first kappa shape index (κ1) is 10.3. The molecule has 78 valence electrons. The van der Waals surface area contributed by atoms with E-state index in [0.29, 0.717) is 6.54 Å². The van der Waals surface area contributed by atoms with Gasteiger partial charge in [0.05, 0.1) is 0 Å². The summed E-state index contributed by atoms with van der Waals surface area (Å²) in [5.74, 6) is 0. The van der Waals surface area contributed by atoms with Gasteiger partial charge in [-0.2, -0.15) is 11.3 Å². The SMILES string of the molecule is Cc1cc[n+](CC(O)c2ccsc2)cc1. The third-order valence-corrected chi connectivity index (χ3v) is 3.07.